The van der Waals surface area contributed by atoms with Crippen LogP contribution in [0.3, 0.4) is 0 Å². The van der Waals surface area contributed by atoms with Gasteiger partial charge in [0.2, 0.25) is 0 Å². The SMILES string of the molecule is CCc1ccc(CNC2CCCc3sccc32)o1. The fourth-order valence-corrected chi connectivity index (χ4v) is 3.62. The van der Waals surface area contributed by atoms with Gasteiger partial charge in [0, 0.05) is 17.3 Å². The second kappa shape index (κ2) is 5.29. The molecule has 2 heterocycles. The molecule has 0 saturated carbocycles. The Morgan fingerprint density at radius 3 is 3.06 bits per heavy atom. The van der Waals surface area contributed by atoms with E-state index in [-0.39, 0.29) is 0 Å². The summed E-state index contributed by atoms with van der Waals surface area (Å²) in [5.41, 5.74) is 1.51. The van der Waals surface area contributed by atoms with Gasteiger partial charge in [0.15, 0.2) is 0 Å². The van der Waals surface area contributed by atoms with Crippen LogP contribution in [-0.2, 0) is 19.4 Å². The molecule has 0 fully saturated rings. The Balaban J connectivity index is 1.64. The van der Waals surface area contributed by atoms with Gasteiger partial charge < -0.3 is 9.73 Å². The van der Waals surface area contributed by atoms with Crippen molar-refractivity contribution in [3.63, 3.8) is 0 Å². The van der Waals surface area contributed by atoms with Crippen LogP contribution in [0, 0.1) is 0 Å². The molecule has 0 amide bonds. The van der Waals surface area contributed by atoms with E-state index in [0.29, 0.717) is 6.04 Å². The number of hydrogen-bond donors (Lipinski definition) is 1. The molecule has 1 aliphatic rings. The first kappa shape index (κ1) is 12.0. The highest BCUT2D eigenvalue weighted by atomic mass is 32.1. The van der Waals surface area contributed by atoms with Gasteiger partial charge in [0.25, 0.3) is 0 Å². The number of hydrogen-bond acceptors (Lipinski definition) is 3. The maximum absolute atomic E-state index is 5.73. The van der Waals surface area contributed by atoms with E-state index in [1.165, 1.54) is 24.8 Å². The van der Waals surface area contributed by atoms with E-state index in [9.17, 15) is 0 Å². The molecule has 18 heavy (non-hydrogen) atoms. The Kier molecular flexibility index (Phi) is 3.52. The van der Waals surface area contributed by atoms with Crippen molar-refractivity contribution >= 4 is 11.3 Å². The second-order valence-electron chi connectivity index (χ2n) is 4.85. The fourth-order valence-electron chi connectivity index (χ4n) is 2.63. The van der Waals surface area contributed by atoms with Crippen molar-refractivity contribution in [2.24, 2.45) is 0 Å². The number of thiophene rings is 1. The maximum Gasteiger partial charge on any atom is 0.117 e. The van der Waals surface area contributed by atoms with Crippen LogP contribution < -0.4 is 5.32 Å². The van der Waals surface area contributed by atoms with Crippen LogP contribution >= 0.6 is 11.3 Å². The topological polar surface area (TPSA) is 25.2 Å². The molecule has 0 saturated heterocycles. The van der Waals surface area contributed by atoms with Gasteiger partial charge in [0.05, 0.1) is 6.54 Å². The summed E-state index contributed by atoms with van der Waals surface area (Å²) in [4.78, 5) is 1.56. The van der Waals surface area contributed by atoms with Crippen molar-refractivity contribution in [3.8, 4) is 0 Å². The first-order chi connectivity index (χ1) is 8.86. The molecule has 0 aliphatic heterocycles. The minimum absolute atomic E-state index is 0.509. The molecule has 0 bridgehead atoms. The van der Waals surface area contributed by atoms with Gasteiger partial charge in [-0.2, -0.15) is 0 Å². The average Bonchev–Trinajstić information content (AvgIpc) is 3.05. The third kappa shape index (κ3) is 2.38. The highest BCUT2D eigenvalue weighted by molar-refractivity contribution is 7.10. The zero-order valence-corrected chi connectivity index (χ0v) is 11.6. The lowest BCUT2D eigenvalue weighted by atomic mass is 9.94. The first-order valence-corrected chi connectivity index (χ1v) is 7.62. The monoisotopic (exact) mass is 261 g/mol. The summed E-state index contributed by atoms with van der Waals surface area (Å²) >= 11 is 1.90. The predicted molar refractivity (Wildman–Crippen MR) is 74.9 cm³/mol. The number of rotatable bonds is 4. The lowest BCUT2D eigenvalue weighted by molar-refractivity contribution is 0.406. The summed E-state index contributed by atoms with van der Waals surface area (Å²) in [5.74, 6) is 2.13. The van der Waals surface area contributed by atoms with E-state index >= 15 is 0 Å². The van der Waals surface area contributed by atoms with E-state index in [2.05, 4.69) is 35.8 Å². The van der Waals surface area contributed by atoms with Gasteiger partial charge >= 0.3 is 0 Å². The molecule has 3 rings (SSSR count). The van der Waals surface area contributed by atoms with Crippen LogP contribution in [0.15, 0.2) is 28.0 Å². The lowest BCUT2D eigenvalue weighted by Crippen LogP contribution is -2.23. The standard InChI is InChI=1S/C15H19NOS/c1-2-11-6-7-12(17-11)10-16-14-4-3-5-15-13(14)8-9-18-15/h6-9,14,16H,2-5,10H2,1H3. The van der Waals surface area contributed by atoms with Crippen molar-refractivity contribution < 1.29 is 4.42 Å². The molecular formula is C15H19NOS. The zero-order valence-electron chi connectivity index (χ0n) is 10.7. The van der Waals surface area contributed by atoms with Gasteiger partial charge in [-0.3, -0.25) is 0 Å². The molecule has 96 valence electrons. The Labute approximate surface area is 112 Å². The maximum atomic E-state index is 5.73. The molecule has 1 N–H and O–H groups in total. The Morgan fingerprint density at radius 1 is 1.33 bits per heavy atom. The minimum Gasteiger partial charge on any atom is -0.465 e. The summed E-state index contributed by atoms with van der Waals surface area (Å²) in [6.45, 7) is 2.95. The number of nitrogens with one attached hydrogen (secondary N) is 1. The number of aryl methyl sites for hydroxylation is 2. The van der Waals surface area contributed by atoms with Crippen molar-refractivity contribution in [1.29, 1.82) is 0 Å². The van der Waals surface area contributed by atoms with Gasteiger partial charge in [-0.05, 0) is 48.4 Å². The molecule has 0 radical (unpaired) electrons. The highest BCUT2D eigenvalue weighted by Gasteiger charge is 2.20. The van der Waals surface area contributed by atoms with Crippen molar-refractivity contribution in [1.82, 2.24) is 5.32 Å². The van der Waals surface area contributed by atoms with Gasteiger partial charge in [-0.25, -0.2) is 0 Å². The highest BCUT2D eigenvalue weighted by Crippen LogP contribution is 2.33. The molecule has 2 nitrogen and oxygen atoms in total. The zero-order chi connectivity index (χ0) is 12.4. The minimum atomic E-state index is 0.509. The summed E-state index contributed by atoms with van der Waals surface area (Å²) in [7, 11) is 0. The van der Waals surface area contributed by atoms with E-state index in [4.69, 9.17) is 4.42 Å². The average molecular weight is 261 g/mol. The molecule has 2 aromatic heterocycles. The van der Waals surface area contributed by atoms with Gasteiger partial charge in [-0.1, -0.05) is 6.92 Å². The molecule has 0 spiro atoms. The molecule has 3 heteroatoms. The van der Waals surface area contributed by atoms with Crippen LogP contribution in [0.4, 0.5) is 0 Å². The van der Waals surface area contributed by atoms with E-state index in [0.717, 1.165) is 24.5 Å². The largest absolute Gasteiger partial charge is 0.465 e. The van der Waals surface area contributed by atoms with Crippen LogP contribution in [0.25, 0.3) is 0 Å². The van der Waals surface area contributed by atoms with Gasteiger partial charge in [-0.15, -0.1) is 11.3 Å². The second-order valence-corrected chi connectivity index (χ2v) is 5.85. The third-order valence-corrected chi connectivity index (χ3v) is 4.64. The van der Waals surface area contributed by atoms with Gasteiger partial charge in [0.1, 0.15) is 11.5 Å². The van der Waals surface area contributed by atoms with Crippen LogP contribution in [0.1, 0.15) is 47.8 Å². The van der Waals surface area contributed by atoms with Crippen molar-refractivity contribution in [3.05, 3.63) is 45.5 Å². The van der Waals surface area contributed by atoms with Crippen molar-refractivity contribution in [2.75, 3.05) is 0 Å². The molecule has 1 aliphatic carbocycles. The normalized spacial score (nSPS) is 18.8. The molecule has 2 aromatic rings. The predicted octanol–water partition coefficient (Wildman–Crippen LogP) is 4.07. The van der Waals surface area contributed by atoms with Crippen LogP contribution in [0.2, 0.25) is 0 Å². The van der Waals surface area contributed by atoms with E-state index in [1.54, 1.807) is 4.88 Å². The summed E-state index contributed by atoms with van der Waals surface area (Å²) in [6.07, 6.45) is 4.76. The molecule has 1 unspecified atom stereocenters. The number of fused-ring (bicyclic) bond motifs is 1. The Bertz CT molecular complexity index is 514. The smallest absolute Gasteiger partial charge is 0.117 e. The van der Waals surface area contributed by atoms with Crippen LogP contribution in [0.5, 0.6) is 0 Å². The summed E-state index contributed by atoms with van der Waals surface area (Å²) in [5, 5.41) is 5.85. The van der Waals surface area contributed by atoms with E-state index in [1.807, 2.05) is 11.3 Å². The van der Waals surface area contributed by atoms with E-state index < -0.39 is 0 Å². The fraction of sp³-hybridized carbons (Fsp3) is 0.467. The Hall–Kier alpha value is -1.06. The molecule has 1 atom stereocenters. The lowest BCUT2D eigenvalue weighted by Gasteiger charge is -2.23. The summed E-state index contributed by atoms with van der Waals surface area (Å²) in [6, 6.07) is 6.95. The quantitative estimate of drug-likeness (QED) is 0.897. The summed E-state index contributed by atoms with van der Waals surface area (Å²) < 4.78 is 5.73. The first-order valence-electron chi connectivity index (χ1n) is 6.74. The molecular weight excluding hydrogens is 242 g/mol. The van der Waals surface area contributed by atoms with Crippen LogP contribution in [-0.4, -0.2) is 0 Å². The number of furan rings is 1. The van der Waals surface area contributed by atoms with Crippen molar-refractivity contribution in [2.45, 2.75) is 45.2 Å². The Morgan fingerprint density at radius 2 is 2.22 bits per heavy atom. The third-order valence-electron chi connectivity index (χ3n) is 3.64. The molecule has 0 aromatic carbocycles.